The Labute approximate surface area is 154 Å². The van der Waals surface area contributed by atoms with Crippen molar-refractivity contribution in [2.45, 2.75) is 19.8 Å². The van der Waals surface area contributed by atoms with Crippen molar-refractivity contribution in [1.29, 1.82) is 0 Å². The molecule has 0 saturated carbocycles. The molecule has 2 aromatic rings. The average molecular weight is 352 g/mol. The van der Waals surface area contributed by atoms with E-state index in [9.17, 15) is 4.79 Å². The summed E-state index contributed by atoms with van der Waals surface area (Å²) < 4.78 is 16.4. The number of carbonyl (C=O) groups excluding carboxylic acids is 1. The molecule has 0 aliphatic heterocycles. The lowest BCUT2D eigenvalue weighted by Gasteiger charge is -2.12. The van der Waals surface area contributed by atoms with E-state index < -0.39 is 0 Å². The summed E-state index contributed by atoms with van der Waals surface area (Å²) in [7, 11) is 1.61. The van der Waals surface area contributed by atoms with Crippen LogP contribution < -0.4 is 9.47 Å². The largest absolute Gasteiger partial charge is 0.493 e. The van der Waals surface area contributed by atoms with Gasteiger partial charge in [-0.25, -0.2) is 4.79 Å². The van der Waals surface area contributed by atoms with Gasteiger partial charge in [0.1, 0.15) is 5.75 Å². The molecule has 0 atom stereocenters. The minimum atomic E-state index is -0.349. The van der Waals surface area contributed by atoms with Crippen molar-refractivity contribution in [2.24, 2.45) is 0 Å². The minimum Gasteiger partial charge on any atom is -0.493 e. The summed E-state index contributed by atoms with van der Waals surface area (Å²) in [5, 5.41) is 0. The lowest BCUT2D eigenvalue weighted by atomic mass is 10.1. The fourth-order valence-electron chi connectivity index (χ4n) is 2.31. The zero-order valence-electron chi connectivity index (χ0n) is 15.2. The second-order valence-electron chi connectivity index (χ2n) is 5.65. The maximum absolute atomic E-state index is 11.6. The summed E-state index contributed by atoms with van der Waals surface area (Å²) in [6.07, 6.45) is 6.53. The lowest BCUT2D eigenvalue weighted by Crippen LogP contribution is -2.00. The van der Waals surface area contributed by atoms with E-state index in [4.69, 9.17) is 14.2 Å². The first kappa shape index (κ1) is 19.3. The summed E-state index contributed by atoms with van der Waals surface area (Å²) in [6, 6.07) is 13.2. The molecule has 136 valence electrons. The molecule has 0 aromatic heterocycles. The summed E-state index contributed by atoms with van der Waals surface area (Å²) in [4.78, 5) is 11.6. The van der Waals surface area contributed by atoms with E-state index in [1.165, 1.54) is 6.08 Å². The Morgan fingerprint density at radius 2 is 2.00 bits per heavy atom. The summed E-state index contributed by atoms with van der Waals surface area (Å²) in [6.45, 7) is 6.13. The molecule has 0 aliphatic rings. The number of hydrogen-bond donors (Lipinski definition) is 0. The van der Waals surface area contributed by atoms with Crippen LogP contribution in [0, 0.1) is 0 Å². The predicted molar refractivity (Wildman–Crippen MR) is 104 cm³/mol. The van der Waals surface area contributed by atoms with Gasteiger partial charge in [0.2, 0.25) is 0 Å². The zero-order valence-corrected chi connectivity index (χ0v) is 15.2. The Morgan fingerprint density at radius 3 is 2.73 bits per heavy atom. The van der Waals surface area contributed by atoms with Gasteiger partial charge in [0.05, 0.1) is 13.7 Å². The van der Waals surface area contributed by atoms with Crippen molar-refractivity contribution in [1.82, 2.24) is 0 Å². The topological polar surface area (TPSA) is 44.8 Å². The van der Waals surface area contributed by atoms with Gasteiger partial charge in [0.25, 0.3) is 0 Å². The lowest BCUT2D eigenvalue weighted by molar-refractivity contribution is -0.137. The van der Waals surface area contributed by atoms with Crippen molar-refractivity contribution in [3.8, 4) is 17.2 Å². The second-order valence-corrected chi connectivity index (χ2v) is 5.65. The van der Waals surface area contributed by atoms with Crippen LogP contribution in [0.15, 0.2) is 61.2 Å². The molecule has 0 aliphatic carbocycles. The van der Waals surface area contributed by atoms with Gasteiger partial charge in [-0.3, -0.25) is 0 Å². The molecule has 0 amide bonds. The van der Waals surface area contributed by atoms with Gasteiger partial charge in [-0.05, 0) is 54.3 Å². The second kappa shape index (κ2) is 10.1. The molecule has 0 unspecified atom stereocenters. The third kappa shape index (κ3) is 5.81. The van der Waals surface area contributed by atoms with Crippen molar-refractivity contribution in [3.63, 3.8) is 0 Å². The van der Waals surface area contributed by atoms with Crippen molar-refractivity contribution in [3.05, 3.63) is 72.3 Å². The molecule has 4 nitrogen and oxygen atoms in total. The van der Waals surface area contributed by atoms with Gasteiger partial charge in [-0.15, -0.1) is 6.58 Å². The van der Waals surface area contributed by atoms with Gasteiger partial charge < -0.3 is 14.2 Å². The van der Waals surface area contributed by atoms with E-state index in [-0.39, 0.29) is 5.97 Å². The van der Waals surface area contributed by atoms with Crippen LogP contribution in [0.5, 0.6) is 17.2 Å². The molecule has 2 aromatic carbocycles. The van der Waals surface area contributed by atoms with E-state index >= 15 is 0 Å². The molecule has 0 N–H and O–H groups in total. The highest BCUT2D eigenvalue weighted by molar-refractivity contribution is 5.87. The van der Waals surface area contributed by atoms with Crippen LogP contribution in [0.25, 0.3) is 6.08 Å². The molecule has 0 radical (unpaired) electrons. The summed E-state index contributed by atoms with van der Waals surface area (Å²) >= 11 is 0. The average Bonchev–Trinajstić information content (AvgIpc) is 2.66. The standard InChI is InChI=1S/C22H24O4/c1-4-7-17-10-12-20(21(16-17)24-3)26-19-9-6-8-18(15-19)11-13-22(23)25-14-5-2/h4,6,8-13,15-16H,1,5,7,14H2,2-3H3. The van der Waals surface area contributed by atoms with E-state index in [0.717, 1.165) is 24.0 Å². The molecule has 4 heteroatoms. The van der Waals surface area contributed by atoms with E-state index in [2.05, 4.69) is 6.58 Å². The Morgan fingerprint density at radius 1 is 1.15 bits per heavy atom. The first-order valence-electron chi connectivity index (χ1n) is 8.56. The molecule has 0 saturated heterocycles. The van der Waals surface area contributed by atoms with Crippen LogP contribution >= 0.6 is 0 Å². The monoisotopic (exact) mass is 352 g/mol. The van der Waals surface area contributed by atoms with Gasteiger partial charge in [0.15, 0.2) is 11.5 Å². The highest BCUT2D eigenvalue weighted by Gasteiger charge is 2.07. The van der Waals surface area contributed by atoms with Crippen LogP contribution in [-0.2, 0) is 16.0 Å². The molecule has 0 heterocycles. The fourth-order valence-corrected chi connectivity index (χ4v) is 2.31. The van der Waals surface area contributed by atoms with Crippen molar-refractivity contribution in [2.75, 3.05) is 13.7 Å². The molecule has 26 heavy (non-hydrogen) atoms. The highest BCUT2D eigenvalue weighted by Crippen LogP contribution is 2.32. The van der Waals surface area contributed by atoms with Gasteiger partial charge in [-0.2, -0.15) is 0 Å². The number of hydrogen-bond acceptors (Lipinski definition) is 4. The van der Waals surface area contributed by atoms with Crippen LogP contribution in [0.4, 0.5) is 0 Å². The molecule has 2 rings (SSSR count). The van der Waals surface area contributed by atoms with Crippen molar-refractivity contribution < 1.29 is 19.0 Å². The first-order chi connectivity index (χ1) is 12.7. The van der Waals surface area contributed by atoms with Crippen LogP contribution in [0.2, 0.25) is 0 Å². The zero-order chi connectivity index (χ0) is 18.8. The summed E-state index contributed by atoms with van der Waals surface area (Å²) in [5.41, 5.74) is 1.95. The number of allylic oxidation sites excluding steroid dienone is 1. The van der Waals surface area contributed by atoms with Crippen LogP contribution in [-0.4, -0.2) is 19.7 Å². The Kier molecular flexibility index (Phi) is 7.49. The SMILES string of the molecule is C=CCc1ccc(Oc2cccc(C=CC(=O)OCCC)c2)c(OC)c1. The Hall–Kier alpha value is -3.01. The predicted octanol–water partition coefficient (Wildman–Crippen LogP) is 5.18. The van der Waals surface area contributed by atoms with Crippen molar-refractivity contribution >= 4 is 12.0 Å². The third-order valence-corrected chi connectivity index (χ3v) is 3.55. The molecular weight excluding hydrogens is 328 g/mol. The maximum Gasteiger partial charge on any atom is 0.330 e. The Balaban J connectivity index is 2.12. The van der Waals surface area contributed by atoms with Gasteiger partial charge in [-0.1, -0.05) is 31.2 Å². The highest BCUT2D eigenvalue weighted by atomic mass is 16.5. The molecular formula is C22H24O4. The normalized spacial score (nSPS) is 10.5. The van der Waals surface area contributed by atoms with Gasteiger partial charge in [0, 0.05) is 6.08 Å². The minimum absolute atomic E-state index is 0.349. The smallest absolute Gasteiger partial charge is 0.330 e. The maximum atomic E-state index is 11.6. The molecule has 0 fully saturated rings. The molecule has 0 bridgehead atoms. The molecule has 0 spiro atoms. The van der Waals surface area contributed by atoms with E-state index in [1.54, 1.807) is 13.2 Å². The first-order valence-corrected chi connectivity index (χ1v) is 8.56. The number of benzene rings is 2. The fraction of sp³-hybridized carbons (Fsp3) is 0.227. The number of methoxy groups -OCH3 is 1. The number of rotatable bonds is 9. The number of esters is 1. The quantitative estimate of drug-likeness (QED) is 0.354. The number of carbonyl (C=O) groups is 1. The van der Waals surface area contributed by atoms with Crippen LogP contribution in [0.1, 0.15) is 24.5 Å². The number of ether oxygens (including phenoxy) is 3. The summed E-state index contributed by atoms with van der Waals surface area (Å²) in [5.74, 6) is 1.60. The van der Waals surface area contributed by atoms with E-state index in [1.807, 2.05) is 55.5 Å². The third-order valence-electron chi connectivity index (χ3n) is 3.55. The van der Waals surface area contributed by atoms with Crippen LogP contribution in [0.3, 0.4) is 0 Å². The van der Waals surface area contributed by atoms with E-state index in [0.29, 0.717) is 23.9 Å². The van der Waals surface area contributed by atoms with Gasteiger partial charge >= 0.3 is 5.97 Å². The Bertz CT molecular complexity index is 777.